The summed E-state index contributed by atoms with van der Waals surface area (Å²) in [6.07, 6.45) is 2.44. The Labute approximate surface area is 187 Å². The van der Waals surface area contributed by atoms with E-state index in [2.05, 4.69) is 18.9 Å². The van der Waals surface area contributed by atoms with Crippen molar-refractivity contribution >= 4 is 27.7 Å². The maximum atomic E-state index is 13.5. The van der Waals surface area contributed by atoms with Gasteiger partial charge >= 0.3 is 10.1 Å². The lowest BCUT2D eigenvalue weighted by atomic mass is 9.77. The highest BCUT2D eigenvalue weighted by Gasteiger charge is 2.34. The Kier molecular flexibility index (Phi) is 7.70. The molecule has 0 bridgehead atoms. The highest BCUT2D eigenvalue weighted by molar-refractivity contribution is 7.99. The Morgan fingerprint density at radius 1 is 1.23 bits per heavy atom. The predicted molar refractivity (Wildman–Crippen MR) is 122 cm³/mol. The van der Waals surface area contributed by atoms with E-state index in [0.717, 1.165) is 23.3 Å². The molecule has 0 fully saturated rings. The molecule has 0 saturated carbocycles. The summed E-state index contributed by atoms with van der Waals surface area (Å²) in [5, 5.41) is 4.17. The second-order valence-corrected chi connectivity index (χ2v) is 11.0. The number of hydrogen-bond acceptors (Lipinski definition) is 8. The monoisotopic (exact) mass is 468 g/mol. The number of carbonyl (C=O) groups excluding carboxylic acids is 1. The Bertz CT molecular complexity index is 1090. The average molecular weight is 469 g/mol. The number of fused-ring (bicyclic) bond motifs is 1. The molecule has 170 valence electrons. The van der Waals surface area contributed by atoms with Crippen LogP contribution in [0.25, 0.3) is 0 Å². The Balaban J connectivity index is 0.00000166. The molecule has 10 heteroatoms. The van der Waals surface area contributed by atoms with Crippen LogP contribution in [-0.4, -0.2) is 35.5 Å². The van der Waals surface area contributed by atoms with E-state index in [4.69, 9.17) is 14.1 Å². The van der Waals surface area contributed by atoms with Gasteiger partial charge in [-0.2, -0.15) is 13.5 Å². The molecule has 2 heterocycles. The average Bonchev–Trinajstić information content (AvgIpc) is 3.12. The largest absolute Gasteiger partial charge is 0.361 e. The molecule has 0 spiro atoms. The van der Waals surface area contributed by atoms with Gasteiger partial charge in [0.1, 0.15) is 5.56 Å². The van der Waals surface area contributed by atoms with Crippen LogP contribution in [0.15, 0.2) is 17.2 Å². The topological polar surface area (TPSA) is 112 Å². The summed E-state index contributed by atoms with van der Waals surface area (Å²) >= 11 is 1.84. The van der Waals surface area contributed by atoms with Crippen molar-refractivity contribution in [3.8, 4) is 5.88 Å². The third-order valence-corrected chi connectivity index (χ3v) is 7.86. The molecular weight excluding hydrogens is 440 g/mol. The Morgan fingerprint density at radius 2 is 1.87 bits per heavy atom. The molecule has 3 rings (SSSR count). The van der Waals surface area contributed by atoms with Gasteiger partial charge in [0, 0.05) is 26.9 Å². The van der Waals surface area contributed by atoms with Crippen LogP contribution in [0.3, 0.4) is 0 Å². The fourth-order valence-corrected chi connectivity index (χ4v) is 6.04. The van der Waals surface area contributed by atoms with Crippen LogP contribution in [0.4, 0.5) is 0 Å². The molecular formula is C21H28N2O6S2. The number of aryl methyl sites for hydroxylation is 2. The van der Waals surface area contributed by atoms with Crippen LogP contribution in [0.2, 0.25) is 0 Å². The van der Waals surface area contributed by atoms with E-state index < -0.39 is 10.1 Å². The van der Waals surface area contributed by atoms with E-state index in [1.54, 1.807) is 0 Å². The van der Waals surface area contributed by atoms with E-state index in [1.807, 2.05) is 38.6 Å². The van der Waals surface area contributed by atoms with Crippen molar-refractivity contribution in [2.45, 2.75) is 64.8 Å². The van der Waals surface area contributed by atoms with Gasteiger partial charge in [-0.15, -0.1) is 11.8 Å². The maximum absolute atomic E-state index is 13.5. The van der Waals surface area contributed by atoms with Gasteiger partial charge in [0.15, 0.2) is 5.78 Å². The van der Waals surface area contributed by atoms with Gasteiger partial charge in [-0.05, 0) is 68.0 Å². The van der Waals surface area contributed by atoms with E-state index in [-0.39, 0.29) is 28.4 Å². The first-order valence-corrected chi connectivity index (χ1v) is 12.6. The maximum Gasteiger partial charge on any atom is 0.310 e. The second-order valence-electron chi connectivity index (χ2n) is 7.99. The molecule has 8 nitrogen and oxygen atoms in total. The number of aromatic nitrogens is 2. The lowest BCUT2D eigenvalue weighted by Crippen LogP contribution is -2.26. The molecule has 0 N–H and O–H groups in total. The molecule has 1 aliphatic rings. The molecule has 0 amide bonds. The van der Waals surface area contributed by atoms with Gasteiger partial charge in [-0.1, -0.05) is 13.8 Å². The smallest absolute Gasteiger partial charge is 0.310 e. The first-order valence-electron chi connectivity index (χ1n) is 9.99. The highest BCUT2D eigenvalue weighted by Crippen LogP contribution is 2.46. The van der Waals surface area contributed by atoms with Crippen LogP contribution >= 0.6 is 11.8 Å². The molecule has 1 aromatic heterocycles. The van der Waals surface area contributed by atoms with E-state index in [0.29, 0.717) is 12.1 Å². The standard InChI is InChI=1S/C21H28N2O4S2.O2/c1-7-23-20(27-29(25,26)8-2)16(12-22-23)18(24)15-11-13(3)19-17(14(15)4)21(5,6)9-10-28-19;1-2/h11-12H,7-10H2,1-6H3;. The molecule has 1 aliphatic heterocycles. The quantitative estimate of drug-likeness (QED) is 0.455. The molecule has 31 heavy (non-hydrogen) atoms. The first kappa shape index (κ1) is 25.1. The number of thioether (sulfide) groups is 1. The SMILES string of the molecule is CCn1ncc(C(=O)c2cc(C)c3c(c2C)C(C)(C)CCS3)c1OS(=O)(=O)CC.O=O. The fraction of sp³-hybridized carbons (Fsp3) is 0.524. The minimum absolute atomic E-state index is 0.0113. The third kappa shape index (κ3) is 4.85. The first-order chi connectivity index (χ1) is 14.5. The van der Waals surface area contributed by atoms with Crippen LogP contribution in [0.5, 0.6) is 5.88 Å². The summed E-state index contributed by atoms with van der Waals surface area (Å²) in [5.41, 5.74) is 3.95. The Morgan fingerprint density at radius 3 is 2.45 bits per heavy atom. The van der Waals surface area contributed by atoms with Gasteiger partial charge in [-0.25, -0.2) is 4.68 Å². The summed E-state index contributed by atoms with van der Waals surface area (Å²) in [7, 11) is -3.78. The normalized spacial score (nSPS) is 14.9. The highest BCUT2D eigenvalue weighted by atomic mass is 32.2. The summed E-state index contributed by atoms with van der Waals surface area (Å²) in [6, 6.07) is 1.91. The third-order valence-electron chi connectivity index (χ3n) is 5.51. The zero-order valence-electron chi connectivity index (χ0n) is 18.6. The predicted octanol–water partition coefficient (Wildman–Crippen LogP) is 4.32. The summed E-state index contributed by atoms with van der Waals surface area (Å²) in [6.45, 7) is 12.1. The molecule has 0 atom stereocenters. The fourth-order valence-electron chi connectivity index (χ4n) is 3.83. The van der Waals surface area contributed by atoms with E-state index >= 15 is 0 Å². The lowest BCUT2D eigenvalue weighted by Gasteiger charge is -2.35. The van der Waals surface area contributed by atoms with Gasteiger partial charge in [0.2, 0.25) is 5.88 Å². The number of hydrogen-bond donors (Lipinski definition) is 0. The summed E-state index contributed by atoms with van der Waals surface area (Å²) in [5.74, 6) is 0.602. The minimum Gasteiger partial charge on any atom is -0.361 e. The molecule has 0 saturated heterocycles. The van der Waals surface area contributed by atoms with Crippen molar-refractivity contribution in [3.05, 3.63) is 50.0 Å². The number of ketones is 1. The van der Waals surface area contributed by atoms with Crippen LogP contribution in [0, 0.1) is 23.8 Å². The van der Waals surface area contributed by atoms with Crippen molar-refractivity contribution < 1.29 is 17.4 Å². The van der Waals surface area contributed by atoms with Crippen molar-refractivity contribution in [2.75, 3.05) is 11.5 Å². The molecule has 2 aromatic rings. The Hall–Kier alpha value is -2.20. The zero-order chi connectivity index (χ0) is 23.6. The number of carbonyl (C=O) groups is 1. The van der Waals surface area contributed by atoms with Crippen LogP contribution in [0.1, 0.15) is 66.7 Å². The van der Waals surface area contributed by atoms with Crippen LogP contribution in [-0.2, 0) is 22.1 Å². The summed E-state index contributed by atoms with van der Waals surface area (Å²) in [4.78, 5) is 28.8. The van der Waals surface area contributed by atoms with Gasteiger partial charge in [0.25, 0.3) is 0 Å². The number of benzene rings is 1. The van der Waals surface area contributed by atoms with Crippen molar-refractivity contribution in [1.82, 2.24) is 9.78 Å². The van der Waals surface area contributed by atoms with Gasteiger partial charge < -0.3 is 4.18 Å². The zero-order valence-corrected chi connectivity index (χ0v) is 20.3. The van der Waals surface area contributed by atoms with Crippen LogP contribution < -0.4 is 4.18 Å². The molecule has 0 aliphatic carbocycles. The molecule has 0 unspecified atom stereocenters. The lowest BCUT2D eigenvalue weighted by molar-refractivity contribution is 0.103. The molecule has 1 aromatic carbocycles. The summed E-state index contributed by atoms with van der Waals surface area (Å²) < 4.78 is 30.8. The van der Waals surface area contributed by atoms with Gasteiger partial charge in [-0.3, -0.25) is 4.79 Å². The van der Waals surface area contributed by atoms with Gasteiger partial charge in [0.05, 0.1) is 11.9 Å². The van der Waals surface area contributed by atoms with Crippen molar-refractivity contribution in [1.29, 1.82) is 0 Å². The van der Waals surface area contributed by atoms with E-state index in [1.165, 1.54) is 28.3 Å². The molecule has 0 radical (unpaired) electrons. The van der Waals surface area contributed by atoms with E-state index in [9.17, 15) is 13.2 Å². The van der Waals surface area contributed by atoms with Crippen molar-refractivity contribution in [3.63, 3.8) is 0 Å². The second kappa shape index (κ2) is 9.52. The number of rotatable bonds is 6. The number of nitrogens with zero attached hydrogens (tertiary/aromatic N) is 2. The van der Waals surface area contributed by atoms with Crippen molar-refractivity contribution in [2.24, 2.45) is 0 Å². The minimum atomic E-state index is -3.78.